The lowest BCUT2D eigenvalue weighted by Gasteiger charge is -2.27. The number of halogens is 2. The fourth-order valence-corrected chi connectivity index (χ4v) is 4.38. The van der Waals surface area contributed by atoms with Crippen molar-refractivity contribution in [3.05, 3.63) is 35.9 Å². The fourth-order valence-electron chi connectivity index (χ4n) is 4.38. The zero-order chi connectivity index (χ0) is 31.6. The van der Waals surface area contributed by atoms with Gasteiger partial charge in [-0.05, 0) is 26.3 Å². The molecule has 2 aliphatic heterocycles. The minimum atomic E-state index is -3.19. The van der Waals surface area contributed by atoms with Crippen LogP contribution in [0.2, 0.25) is 0 Å². The highest BCUT2D eigenvalue weighted by atomic mass is 19.3. The van der Waals surface area contributed by atoms with Gasteiger partial charge in [0.25, 0.3) is 0 Å². The van der Waals surface area contributed by atoms with E-state index in [1.807, 2.05) is 0 Å². The second-order valence-corrected chi connectivity index (χ2v) is 10.7. The molecular weight excluding hydrogens is 572 g/mol. The third-order valence-corrected chi connectivity index (χ3v) is 7.03. The molecule has 0 aromatic heterocycles. The molecule has 2 aliphatic rings. The van der Waals surface area contributed by atoms with Crippen LogP contribution in [0.3, 0.4) is 0 Å². The predicted octanol–water partition coefficient (Wildman–Crippen LogP) is -0.862. The van der Waals surface area contributed by atoms with Crippen molar-refractivity contribution in [3.8, 4) is 0 Å². The zero-order valence-electron chi connectivity index (χ0n) is 24.4. The number of ether oxygens (including phenoxy) is 3. The van der Waals surface area contributed by atoms with E-state index >= 15 is 0 Å². The van der Waals surface area contributed by atoms with E-state index in [0.717, 1.165) is 5.56 Å². The first-order valence-electron chi connectivity index (χ1n) is 14.0. The number of epoxide rings is 1. The van der Waals surface area contributed by atoms with Crippen molar-refractivity contribution in [2.75, 3.05) is 46.1 Å². The highest BCUT2D eigenvalue weighted by Crippen LogP contribution is 2.28. The molecule has 1 aromatic carbocycles. The highest BCUT2D eigenvalue weighted by Gasteiger charge is 2.49. The molecule has 2 heterocycles. The summed E-state index contributed by atoms with van der Waals surface area (Å²) in [7, 11) is 0. The lowest BCUT2D eigenvalue weighted by Crippen LogP contribution is -2.58. The number of hydrogen-bond donors (Lipinski definition) is 4. The summed E-state index contributed by atoms with van der Waals surface area (Å²) in [4.78, 5) is 66.1. The highest BCUT2D eigenvalue weighted by molar-refractivity contribution is 5.98. The van der Waals surface area contributed by atoms with Crippen LogP contribution >= 0.6 is 0 Å². The Hall–Kier alpha value is -3.53. The molecule has 2 saturated heterocycles. The van der Waals surface area contributed by atoms with E-state index in [0.29, 0.717) is 26.3 Å². The number of nitrogens with one attached hydrogen (secondary N) is 4. The molecule has 15 heteroatoms. The summed E-state index contributed by atoms with van der Waals surface area (Å²) in [6, 6.07) is 4.09. The summed E-state index contributed by atoms with van der Waals surface area (Å²) in [6.45, 7) is 2.48. The first-order valence-corrected chi connectivity index (χ1v) is 14.0. The van der Waals surface area contributed by atoms with Crippen LogP contribution in [0.25, 0.3) is 0 Å². The molecule has 3 rings (SSSR count). The van der Waals surface area contributed by atoms with Gasteiger partial charge in [-0.15, -0.1) is 0 Å². The number of carbonyl (C=O) groups excluding carboxylic acids is 5. The predicted molar refractivity (Wildman–Crippen MR) is 148 cm³/mol. The summed E-state index contributed by atoms with van der Waals surface area (Å²) in [5.41, 5.74) is -0.227. The van der Waals surface area contributed by atoms with Crippen LogP contribution in [0.1, 0.15) is 26.3 Å². The average molecular weight is 612 g/mol. The second kappa shape index (κ2) is 15.8. The minimum Gasteiger partial charge on any atom is -0.379 e. The molecule has 0 spiro atoms. The van der Waals surface area contributed by atoms with Crippen molar-refractivity contribution < 1.29 is 47.0 Å². The van der Waals surface area contributed by atoms with Crippen LogP contribution in [-0.2, 0) is 44.6 Å². The summed E-state index contributed by atoms with van der Waals surface area (Å²) in [5.74, 6) is -3.21. The van der Waals surface area contributed by atoms with Gasteiger partial charge in [-0.3, -0.25) is 28.9 Å². The quantitative estimate of drug-likeness (QED) is 0.174. The van der Waals surface area contributed by atoms with Crippen molar-refractivity contribution in [2.24, 2.45) is 0 Å². The van der Waals surface area contributed by atoms with Gasteiger partial charge in [-0.1, -0.05) is 30.3 Å². The van der Waals surface area contributed by atoms with Crippen molar-refractivity contribution in [1.29, 1.82) is 0 Å². The molecule has 0 bridgehead atoms. The number of alkyl halides is 2. The van der Waals surface area contributed by atoms with Crippen LogP contribution in [0.5, 0.6) is 0 Å². The Bertz CT molecular complexity index is 1130. The summed E-state index contributed by atoms with van der Waals surface area (Å²) in [6.07, 6.45) is 0.0796. The van der Waals surface area contributed by atoms with E-state index in [4.69, 9.17) is 9.47 Å². The summed E-state index contributed by atoms with van der Waals surface area (Å²) >= 11 is 0. The number of amides is 4. The third kappa shape index (κ3) is 10.9. The van der Waals surface area contributed by atoms with E-state index in [-0.39, 0.29) is 25.4 Å². The first-order chi connectivity index (χ1) is 20.4. The van der Waals surface area contributed by atoms with E-state index in [2.05, 4.69) is 26.0 Å². The molecule has 0 saturated carbocycles. The van der Waals surface area contributed by atoms with Gasteiger partial charge in [-0.25, -0.2) is 0 Å². The van der Waals surface area contributed by atoms with E-state index in [1.54, 1.807) is 42.2 Å². The number of morpholine rings is 1. The van der Waals surface area contributed by atoms with Crippen LogP contribution in [0, 0.1) is 0 Å². The number of carbonyl (C=O) groups is 5. The van der Waals surface area contributed by atoms with Crippen molar-refractivity contribution in [3.63, 3.8) is 0 Å². The van der Waals surface area contributed by atoms with Crippen molar-refractivity contribution in [2.45, 2.75) is 63.6 Å². The molecule has 4 N–H and O–H groups in total. The molecule has 13 nitrogen and oxygen atoms in total. The van der Waals surface area contributed by atoms with Crippen LogP contribution < -0.4 is 21.3 Å². The van der Waals surface area contributed by atoms with Gasteiger partial charge in [0.2, 0.25) is 23.6 Å². The second-order valence-electron chi connectivity index (χ2n) is 10.7. The number of nitrogens with zero attached hydrogens (tertiary/aromatic N) is 1. The topological polar surface area (TPSA) is 168 Å². The maximum atomic E-state index is 13.2. The molecule has 1 aromatic rings. The van der Waals surface area contributed by atoms with Crippen LogP contribution in [0.4, 0.5) is 8.78 Å². The van der Waals surface area contributed by atoms with Gasteiger partial charge in [0.15, 0.2) is 5.78 Å². The number of hydrogen-bond acceptors (Lipinski definition) is 9. The Labute approximate surface area is 248 Å². The lowest BCUT2D eigenvalue weighted by atomic mass is 10.0. The molecule has 238 valence electrons. The number of Topliss-reactive ketones (excluding diaryl/α,β-unsaturated/α-hetero) is 1. The molecule has 4 amide bonds. The van der Waals surface area contributed by atoms with E-state index in [9.17, 15) is 32.8 Å². The van der Waals surface area contributed by atoms with E-state index < -0.39 is 66.6 Å². The molecule has 43 heavy (non-hydrogen) atoms. The maximum absolute atomic E-state index is 13.2. The van der Waals surface area contributed by atoms with Gasteiger partial charge < -0.3 is 35.5 Å². The van der Waals surface area contributed by atoms with Gasteiger partial charge in [0.1, 0.15) is 23.7 Å². The van der Waals surface area contributed by atoms with Crippen molar-refractivity contribution >= 4 is 29.4 Å². The molecule has 0 radical (unpaired) electrons. The smallest absolute Gasteiger partial charge is 0.345 e. The lowest BCUT2D eigenvalue weighted by molar-refractivity contribution is -0.148. The monoisotopic (exact) mass is 611 g/mol. The summed E-state index contributed by atoms with van der Waals surface area (Å²) < 4.78 is 40.2. The minimum absolute atomic E-state index is 0.0796. The van der Waals surface area contributed by atoms with E-state index in [1.165, 1.54) is 13.8 Å². The Morgan fingerprint density at radius 2 is 1.51 bits per heavy atom. The average Bonchev–Trinajstić information content (AvgIpc) is 3.73. The standard InChI is InChI=1S/C28H39F2N5O8/c1-17(23(37)28(3)16-43-28)31-25(39)20(13-19-7-5-4-6-8-19)34-24(38)18(2)32-26(40)21(15-42-27(29)30)33-22(36)14-35-9-11-41-12-10-35/h4-8,17-18,20-21,27H,9-16H2,1-3H3,(H,31,39)(H,32,40)(H,33,36)(H,34,38)/t17?,18?,20-,21-,28?/m0/s1. The van der Waals surface area contributed by atoms with Crippen molar-refractivity contribution in [1.82, 2.24) is 26.2 Å². The Balaban J connectivity index is 1.62. The van der Waals surface area contributed by atoms with Crippen LogP contribution in [0.15, 0.2) is 30.3 Å². The van der Waals surface area contributed by atoms with Gasteiger partial charge >= 0.3 is 6.61 Å². The zero-order valence-corrected chi connectivity index (χ0v) is 24.4. The third-order valence-electron chi connectivity index (χ3n) is 7.03. The first kappa shape index (κ1) is 34.0. The number of rotatable bonds is 16. The molecule has 0 aliphatic carbocycles. The van der Waals surface area contributed by atoms with Crippen LogP contribution in [-0.4, -0.2) is 117 Å². The Morgan fingerprint density at radius 1 is 0.907 bits per heavy atom. The Kier molecular flexibility index (Phi) is 12.5. The molecular formula is C28H39F2N5O8. The van der Waals surface area contributed by atoms with Gasteiger partial charge in [-0.2, -0.15) is 8.78 Å². The Morgan fingerprint density at radius 3 is 2.12 bits per heavy atom. The molecule has 2 fully saturated rings. The number of benzene rings is 1. The molecule has 3 unspecified atom stereocenters. The summed E-state index contributed by atoms with van der Waals surface area (Å²) in [5, 5.41) is 9.96. The number of ketones is 1. The largest absolute Gasteiger partial charge is 0.379 e. The molecule has 5 atom stereocenters. The normalized spacial score (nSPS) is 21.2. The maximum Gasteiger partial charge on any atom is 0.345 e. The van der Waals surface area contributed by atoms with Gasteiger partial charge in [0.05, 0.1) is 39.0 Å². The van der Waals surface area contributed by atoms with Gasteiger partial charge in [0, 0.05) is 19.5 Å². The fraction of sp³-hybridized carbons (Fsp3) is 0.607. The SMILES string of the molecule is CC(NC(=O)[C@H](COC(F)F)NC(=O)CN1CCOCC1)C(=O)N[C@@H](Cc1ccccc1)C(=O)NC(C)C(=O)C1(C)CO1.